The van der Waals surface area contributed by atoms with Gasteiger partial charge < -0.3 is 25.0 Å². The van der Waals surface area contributed by atoms with Gasteiger partial charge in [-0.1, -0.05) is 72.8 Å². The quantitative estimate of drug-likeness (QED) is 0.392. The van der Waals surface area contributed by atoms with Crippen LogP contribution >= 0.6 is 0 Å². The van der Waals surface area contributed by atoms with Gasteiger partial charge in [-0.3, -0.25) is 9.59 Å². The molecule has 10 heteroatoms. The average molecular weight is 558 g/mol. The summed E-state index contributed by atoms with van der Waals surface area (Å²) >= 11 is 0. The molecular weight excluding hydrogens is 522 g/mol. The first-order valence-corrected chi connectivity index (χ1v) is 13.7. The maximum Gasteiger partial charge on any atom is 0.334 e. The van der Waals surface area contributed by atoms with Crippen LogP contribution in [0.5, 0.6) is 5.75 Å². The lowest BCUT2D eigenvalue weighted by molar-refractivity contribution is -0.187. The van der Waals surface area contributed by atoms with E-state index in [1.54, 1.807) is 51.1 Å². The van der Waals surface area contributed by atoms with E-state index < -0.39 is 12.2 Å². The fourth-order valence-corrected chi connectivity index (χ4v) is 5.36. The fraction of sp³-hybridized carbons (Fsp3) is 0.323. The van der Waals surface area contributed by atoms with Crippen LogP contribution in [0.2, 0.25) is 0 Å². The van der Waals surface area contributed by atoms with Gasteiger partial charge in [-0.2, -0.15) is 0 Å². The fourth-order valence-electron chi connectivity index (χ4n) is 5.36. The molecule has 2 atom stereocenters. The van der Waals surface area contributed by atoms with Gasteiger partial charge in [0.2, 0.25) is 11.8 Å². The van der Waals surface area contributed by atoms with Crippen LogP contribution in [0, 0.1) is 0 Å². The smallest absolute Gasteiger partial charge is 0.334 e. The first-order valence-electron chi connectivity index (χ1n) is 13.7. The Kier molecular flexibility index (Phi) is 8.81. The molecule has 4 amide bonds. The summed E-state index contributed by atoms with van der Waals surface area (Å²) in [7, 11) is 1.70. The first-order chi connectivity index (χ1) is 19.9. The number of phenolic OH excluding ortho intramolecular Hbond substituents is 1. The van der Waals surface area contributed by atoms with E-state index in [-0.39, 0.29) is 43.1 Å². The van der Waals surface area contributed by atoms with Gasteiger partial charge in [0.1, 0.15) is 18.0 Å². The molecule has 0 saturated carbocycles. The minimum atomic E-state index is -0.807. The highest BCUT2D eigenvalue weighted by atomic mass is 16.5. The van der Waals surface area contributed by atoms with Crippen molar-refractivity contribution >= 4 is 17.8 Å². The van der Waals surface area contributed by atoms with Crippen molar-refractivity contribution in [1.29, 1.82) is 0 Å². The van der Waals surface area contributed by atoms with Crippen LogP contribution in [0.4, 0.5) is 4.79 Å². The summed E-state index contributed by atoms with van der Waals surface area (Å²) in [5.74, 6) is -0.294. The van der Waals surface area contributed by atoms with Crippen molar-refractivity contribution in [3.8, 4) is 5.75 Å². The summed E-state index contributed by atoms with van der Waals surface area (Å²) in [6.07, 6.45) is -0.433. The van der Waals surface area contributed by atoms with Gasteiger partial charge in [0.25, 0.3) is 0 Å². The molecule has 2 heterocycles. The molecule has 1 unspecified atom stereocenters. The van der Waals surface area contributed by atoms with Crippen molar-refractivity contribution in [3.05, 3.63) is 102 Å². The molecule has 0 spiro atoms. The number of carbonyl (C=O) groups excluding carboxylic acids is 3. The monoisotopic (exact) mass is 557 g/mol. The maximum absolute atomic E-state index is 13.8. The number of amides is 4. The number of urea groups is 1. The summed E-state index contributed by atoms with van der Waals surface area (Å²) in [6, 6.07) is 24.8. The average Bonchev–Trinajstić information content (AvgIpc) is 2.98. The minimum Gasteiger partial charge on any atom is -0.508 e. The highest BCUT2D eigenvalue weighted by Gasteiger charge is 2.50. The van der Waals surface area contributed by atoms with Crippen LogP contribution < -0.4 is 5.32 Å². The number of phenols is 1. The number of fused-ring (bicyclic) bond motifs is 1. The number of carbonyl (C=O) groups is 3. The Labute approximate surface area is 239 Å². The Bertz CT molecular complexity index is 1340. The Morgan fingerprint density at radius 1 is 0.927 bits per heavy atom. The standard InChI is InChI=1S/C31H35N5O5/c1-33-21-29(38)35-27(18-23-12-14-26(37)15-13-23)30(39)34(16-17-41-22-25-10-6-3-7-11-25)20-28(35)36(33)31(40)32-19-24-8-4-2-5-9-24/h2-15,27-28,37H,16-22H2,1H3,(H,32,40)/t27-,28?/m0/s1. The molecule has 0 radical (unpaired) electrons. The number of benzene rings is 3. The van der Waals surface area contributed by atoms with E-state index >= 15 is 0 Å². The van der Waals surface area contributed by atoms with Gasteiger partial charge in [0, 0.05) is 26.6 Å². The van der Waals surface area contributed by atoms with Crippen LogP contribution in [-0.2, 0) is 33.9 Å². The van der Waals surface area contributed by atoms with Crippen molar-refractivity contribution in [3.63, 3.8) is 0 Å². The molecule has 2 N–H and O–H groups in total. The molecule has 3 aromatic rings. The lowest BCUT2D eigenvalue weighted by atomic mass is 9.98. The summed E-state index contributed by atoms with van der Waals surface area (Å²) in [4.78, 5) is 44.0. The summed E-state index contributed by atoms with van der Waals surface area (Å²) in [5.41, 5.74) is 2.79. The number of rotatable bonds is 9. The number of nitrogens with zero attached hydrogens (tertiary/aromatic N) is 4. The molecule has 2 fully saturated rings. The zero-order chi connectivity index (χ0) is 28.8. The molecule has 41 heavy (non-hydrogen) atoms. The van der Waals surface area contributed by atoms with Crippen LogP contribution in [0.3, 0.4) is 0 Å². The molecule has 0 aromatic heterocycles. The molecular formula is C31H35N5O5. The Morgan fingerprint density at radius 3 is 2.27 bits per heavy atom. The molecule has 0 aliphatic carbocycles. The van der Waals surface area contributed by atoms with Crippen LogP contribution in [0.25, 0.3) is 0 Å². The number of ether oxygens (including phenoxy) is 1. The minimum absolute atomic E-state index is 0.0329. The number of hydrazine groups is 1. The normalized spacial score (nSPS) is 19.3. The second kappa shape index (κ2) is 12.8. The van der Waals surface area contributed by atoms with E-state index in [0.717, 1.165) is 16.7 Å². The molecule has 2 aliphatic rings. The summed E-state index contributed by atoms with van der Waals surface area (Å²) < 4.78 is 5.87. The highest BCUT2D eigenvalue weighted by molar-refractivity contribution is 5.91. The van der Waals surface area contributed by atoms with E-state index in [2.05, 4.69) is 5.32 Å². The van der Waals surface area contributed by atoms with Crippen molar-refractivity contribution in [1.82, 2.24) is 25.1 Å². The summed E-state index contributed by atoms with van der Waals surface area (Å²) in [6.45, 7) is 1.51. The largest absolute Gasteiger partial charge is 0.508 e. The maximum atomic E-state index is 13.8. The third-order valence-electron chi connectivity index (χ3n) is 7.42. The van der Waals surface area contributed by atoms with Crippen molar-refractivity contribution < 1.29 is 24.2 Å². The first kappa shape index (κ1) is 28.1. The zero-order valence-corrected chi connectivity index (χ0v) is 23.1. The molecule has 10 nitrogen and oxygen atoms in total. The van der Waals surface area contributed by atoms with E-state index in [4.69, 9.17) is 4.74 Å². The van der Waals surface area contributed by atoms with Crippen molar-refractivity contribution in [2.24, 2.45) is 0 Å². The van der Waals surface area contributed by atoms with Gasteiger partial charge in [-0.05, 0) is 28.8 Å². The molecule has 2 aliphatic heterocycles. The Morgan fingerprint density at radius 2 is 1.59 bits per heavy atom. The molecule has 214 valence electrons. The second-order valence-corrected chi connectivity index (χ2v) is 10.3. The van der Waals surface area contributed by atoms with Gasteiger partial charge >= 0.3 is 6.03 Å². The van der Waals surface area contributed by atoms with Crippen molar-refractivity contribution in [2.75, 3.05) is 33.3 Å². The van der Waals surface area contributed by atoms with Gasteiger partial charge in [0.05, 0.1) is 26.3 Å². The van der Waals surface area contributed by atoms with Crippen LogP contribution in [0.1, 0.15) is 16.7 Å². The van der Waals surface area contributed by atoms with Gasteiger partial charge in [0.15, 0.2) is 0 Å². The van der Waals surface area contributed by atoms with E-state index in [1.807, 2.05) is 60.7 Å². The van der Waals surface area contributed by atoms with E-state index in [0.29, 0.717) is 26.3 Å². The highest BCUT2D eigenvalue weighted by Crippen LogP contribution is 2.28. The van der Waals surface area contributed by atoms with Crippen LogP contribution in [-0.4, -0.2) is 88.3 Å². The zero-order valence-electron chi connectivity index (χ0n) is 23.1. The Balaban J connectivity index is 1.36. The van der Waals surface area contributed by atoms with E-state index in [1.165, 1.54) is 0 Å². The lowest BCUT2D eigenvalue weighted by Gasteiger charge is -2.54. The third-order valence-corrected chi connectivity index (χ3v) is 7.42. The van der Waals surface area contributed by atoms with Crippen LogP contribution in [0.15, 0.2) is 84.9 Å². The third kappa shape index (κ3) is 6.67. The van der Waals surface area contributed by atoms with Gasteiger partial charge in [-0.15, -0.1) is 0 Å². The van der Waals surface area contributed by atoms with Gasteiger partial charge in [-0.25, -0.2) is 14.8 Å². The lowest BCUT2D eigenvalue weighted by Crippen LogP contribution is -2.76. The number of hydrogen-bond donors (Lipinski definition) is 2. The Hall–Kier alpha value is -4.41. The van der Waals surface area contributed by atoms with Crippen molar-refractivity contribution in [2.45, 2.75) is 31.8 Å². The number of aromatic hydroxyl groups is 1. The summed E-state index contributed by atoms with van der Waals surface area (Å²) in [5, 5.41) is 15.9. The predicted octanol–water partition coefficient (Wildman–Crippen LogP) is 2.59. The number of likely N-dealkylation sites (N-methyl/N-ethyl adjacent to an activating group) is 1. The molecule has 0 bridgehead atoms. The number of piperazine rings is 1. The van der Waals surface area contributed by atoms with E-state index in [9.17, 15) is 19.5 Å². The topological polar surface area (TPSA) is 106 Å². The molecule has 3 aromatic carbocycles. The second-order valence-electron chi connectivity index (χ2n) is 10.3. The number of hydrogen-bond acceptors (Lipinski definition) is 6. The predicted molar refractivity (Wildman–Crippen MR) is 152 cm³/mol. The number of nitrogens with one attached hydrogen (secondary N) is 1. The SMILES string of the molecule is CN1CC(=O)N2C(CN(CCOCc3ccccc3)C(=O)[C@@H]2Cc2ccc(O)cc2)N1C(=O)NCc1ccccc1. The molecule has 2 saturated heterocycles. The molecule has 5 rings (SSSR count).